The minimum Gasteiger partial charge on any atom is -0.0957 e. The first-order valence-corrected chi connectivity index (χ1v) is 5.46. The van der Waals surface area contributed by atoms with Crippen molar-refractivity contribution in [2.24, 2.45) is 0 Å². The highest BCUT2D eigenvalue weighted by molar-refractivity contribution is 7.53. The van der Waals surface area contributed by atoms with Crippen molar-refractivity contribution in [1.82, 2.24) is 0 Å². The van der Waals surface area contributed by atoms with Gasteiger partial charge >= 0.3 is 0 Å². The first-order valence-electron chi connectivity index (χ1n) is 3.04. The molecule has 0 N–H and O–H groups in total. The Hall–Kier alpha value is 0.360. The van der Waals surface area contributed by atoms with Crippen LogP contribution in [-0.4, -0.2) is 0 Å². The second-order valence-corrected chi connectivity index (χ2v) is 5.98. The summed E-state index contributed by atoms with van der Waals surface area (Å²) in [5.41, 5.74) is 2.63. The highest BCUT2D eigenvalue weighted by Gasteiger charge is 2.05. The second-order valence-electron chi connectivity index (χ2n) is 2.35. The summed E-state index contributed by atoms with van der Waals surface area (Å²) in [4.78, 5) is 0. The third kappa shape index (κ3) is 1.69. The van der Waals surface area contributed by atoms with Crippen LogP contribution in [0.15, 0.2) is 11.6 Å². The van der Waals surface area contributed by atoms with E-state index in [1.54, 1.807) is 0 Å². The average Bonchev–Trinajstić information content (AvgIpc) is 2.13. The number of halogens is 2. The zero-order valence-corrected chi connectivity index (χ0v) is 8.34. The monoisotopic (exact) mass is 194 g/mol. The third-order valence-electron chi connectivity index (χ3n) is 1.53. The molecule has 1 aromatic heterocycles. The molecule has 0 amide bonds. The van der Waals surface area contributed by atoms with E-state index in [0.717, 1.165) is 0 Å². The molecular formula is C7H9Cl2P. The lowest BCUT2D eigenvalue weighted by atomic mass is 10.2. The first kappa shape index (κ1) is 8.46. The van der Waals surface area contributed by atoms with Gasteiger partial charge in [-0.1, -0.05) is 30.7 Å². The van der Waals surface area contributed by atoms with Crippen LogP contribution in [-0.2, 0) is 0 Å². The summed E-state index contributed by atoms with van der Waals surface area (Å²) >= 11 is 11.4. The Bertz CT molecular complexity index is 208. The molecule has 0 bridgehead atoms. The van der Waals surface area contributed by atoms with E-state index in [1.165, 1.54) is 11.1 Å². The smallest absolute Gasteiger partial charge is 0.0957 e. The van der Waals surface area contributed by atoms with Crippen molar-refractivity contribution in [3.05, 3.63) is 22.7 Å². The molecule has 0 radical (unpaired) electrons. The maximum atomic E-state index is 5.72. The third-order valence-corrected chi connectivity index (χ3v) is 4.71. The van der Waals surface area contributed by atoms with E-state index >= 15 is 0 Å². The van der Waals surface area contributed by atoms with E-state index in [9.17, 15) is 0 Å². The van der Waals surface area contributed by atoms with Crippen LogP contribution in [0.5, 0.6) is 0 Å². The predicted octanol–water partition coefficient (Wildman–Crippen LogP) is 4.22. The van der Waals surface area contributed by atoms with Crippen molar-refractivity contribution in [3.63, 3.8) is 0 Å². The van der Waals surface area contributed by atoms with Crippen LogP contribution in [0.4, 0.5) is 0 Å². The highest BCUT2D eigenvalue weighted by atomic mass is 35.5. The van der Waals surface area contributed by atoms with E-state index in [4.69, 9.17) is 23.2 Å². The van der Waals surface area contributed by atoms with E-state index < -0.39 is 0 Å². The lowest BCUT2D eigenvalue weighted by molar-refractivity contribution is 1.41. The summed E-state index contributed by atoms with van der Waals surface area (Å²) in [6, 6.07) is 0. The Balaban J connectivity index is 2.98. The molecule has 0 saturated carbocycles. The van der Waals surface area contributed by atoms with Crippen LogP contribution in [0.25, 0.3) is 0 Å². The molecule has 0 aliphatic heterocycles. The molecule has 1 aromatic rings. The normalized spacial score (nSPS) is 10.9. The zero-order valence-electron chi connectivity index (χ0n) is 5.94. The number of aryl methyl sites for hydroxylation is 2. The first-order chi connectivity index (χ1) is 4.61. The number of alkyl halides is 2. The molecule has 56 valence electrons. The Morgan fingerprint density at radius 2 is 1.60 bits per heavy atom. The fourth-order valence-corrected chi connectivity index (χ4v) is 3.08. The lowest BCUT2D eigenvalue weighted by Crippen LogP contribution is -1.63. The van der Waals surface area contributed by atoms with Gasteiger partial charge in [-0.25, -0.2) is 0 Å². The van der Waals surface area contributed by atoms with E-state index in [2.05, 4.69) is 25.4 Å². The van der Waals surface area contributed by atoms with Crippen LogP contribution < -0.4 is 0 Å². The van der Waals surface area contributed by atoms with Gasteiger partial charge in [-0.15, -0.1) is 0 Å². The average molecular weight is 195 g/mol. The maximum absolute atomic E-state index is 5.72. The summed E-state index contributed by atoms with van der Waals surface area (Å²) in [6.07, 6.45) is 0. The van der Waals surface area contributed by atoms with E-state index in [-0.39, 0.29) is 12.1 Å². The molecule has 0 aliphatic rings. The van der Waals surface area contributed by atoms with Crippen LogP contribution in [0, 0.1) is 13.8 Å². The molecule has 0 aromatic carbocycles. The van der Waals surface area contributed by atoms with Gasteiger partial charge in [-0.3, -0.25) is 0 Å². The van der Waals surface area contributed by atoms with Gasteiger partial charge < -0.3 is 0 Å². The summed E-state index contributed by atoms with van der Waals surface area (Å²) in [7, 11) is -0.376. The lowest BCUT2D eigenvalue weighted by Gasteiger charge is -1.93. The van der Waals surface area contributed by atoms with E-state index in [1.807, 2.05) is 0 Å². The molecule has 1 heterocycles. The Kier molecular flexibility index (Phi) is 2.68. The summed E-state index contributed by atoms with van der Waals surface area (Å²) in [5.74, 6) is 4.32. The van der Waals surface area contributed by atoms with Gasteiger partial charge in [0.2, 0.25) is 0 Å². The maximum Gasteiger partial charge on any atom is 0.145 e. The fraction of sp³-hybridized carbons (Fsp3) is 0.429. The number of hydrogen-bond acceptors (Lipinski definition) is 0. The molecule has 0 fully saturated rings. The standard InChI is InChI=1S/C7H9Cl2P/c1-5-3-10(7(8)9)4-6(5)2/h3-4,7H,1-2H3. The van der Waals surface area contributed by atoms with Gasteiger partial charge in [0.1, 0.15) is 4.58 Å². The van der Waals surface area contributed by atoms with Gasteiger partial charge in [-0.05, 0) is 36.6 Å². The topological polar surface area (TPSA) is 0 Å². The molecule has 0 spiro atoms. The molecule has 3 heteroatoms. The molecule has 0 saturated heterocycles. The molecular weight excluding hydrogens is 186 g/mol. The van der Waals surface area contributed by atoms with Crippen LogP contribution in [0.1, 0.15) is 15.7 Å². The number of rotatable bonds is 1. The predicted molar refractivity (Wildman–Crippen MR) is 49.4 cm³/mol. The summed E-state index contributed by atoms with van der Waals surface area (Å²) in [5, 5.41) is 0. The largest absolute Gasteiger partial charge is 0.145 e. The molecule has 1 rings (SSSR count). The Labute approximate surface area is 72.2 Å². The van der Waals surface area contributed by atoms with Crippen molar-refractivity contribution in [2.45, 2.75) is 18.4 Å². The molecule has 0 aliphatic carbocycles. The van der Waals surface area contributed by atoms with E-state index in [0.29, 0.717) is 0 Å². The summed E-state index contributed by atoms with van der Waals surface area (Å²) < 4.78 is -0.234. The molecule has 10 heavy (non-hydrogen) atoms. The SMILES string of the molecule is Cc1cp(C(Cl)Cl)cc1C. The Morgan fingerprint density at radius 3 is 1.80 bits per heavy atom. The van der Waals surface area contributed by atoms with Crippen molar-refractivity contribution in [3.8, 4) is 0 Å². The molecule has 0 atom stereocenters. The van der Waals surface area contributed by atoms with Gasteiger partial charge in [-0.2, -0.15) is 0 Å². The van der Waals surface area contributed by atoms with Crippen molar-refractivity contribution in [2.75, 3.05) is 0 Å². The minimum atomic E-state index is -0.376. The zero-order chi connectivity index (χ0) is 7.72. The van der Waals surface area contributed by atoms with Crippen molar-refractivity contribution >= 4 is 30.7 Å². The number of hydrogen-bond donors (Lipinski definition) is 0. The summed E-state index contributed by atoms with van der Waals surface area (Å²) in [6.45, 7) is 4.18. The van der Waals surface area contributed by atoms with Gasteiger partial charge in [0.05, 0.1) is 0 Å². The van der Waals surface area contributed by atoms with Crippen molar-refractivity contribution in [1.29, 1.82) is 0 Å². The van der Waals surface area contributed by atoms with Crippen molar-refractivity contribution < 1.29 is 0 Å². The van der Waals surface area contributed by atoms with Crippen LogP contribution in [0.3, 0.4) is 0 Å². The van der Waals surface area contributed by atoms with Gasteiger partial charge in [0.25, 0.3) is 0 Å². The molecule has 0 unspecified atom stereocenters. The van der Waals surface area contributed by atoms with Gasteiger partial charge in [0.15, 0.2) is 0 Å². The molecule has 0 nitrogen and oxygen atoms in total. The second kappa shape index (κ2) is 3.17. The Morgan fingerprint density at radius 1 is 1.20 bits per heavy atom. The minimum absolute atomic E-state index is 0.234. The van der Waals surface area contributed by atoms with Crippen LogP contribution in [0.2, 0.25) is 0 Å². The fourth-order valence-electron chi connectivity index (χ4n) is 0.801. The quantitative estimate of drug-likeness (QED) is 0.588. The van der Waals surface area contributed by atoms with Crippen LogP contribution >= 0.6 is 30.7 Å². The highest BCUT2D eigenvalue weighted by Crippen LogP contribution is 2.47. The van der Waals surface area contributed by atoms with Gasteiger partial charge in [0, 0.05) is 0 Å².